The fourth-order valence-corrected chi connectivity index (χ4v) is 2.63. The third-order valence-corrected chi connectivity index (χ3v) is 3.96. The van der Waals surface area contributed by atoms with Crippen molar-refractivity contribution in [3.8, 4) is 11.3 Å². The number of rotatable bonds is 4. The molecule has 1 fully saturated rings. The number of aromatic nitrogens is 1. The molecule has 6 nitrogen and oxygen atoms in total. The van der Waals surface area contributed by atoms with Gasteiger partial charge in [0.2, 0.25) is 0 Å². The zero-order valence-electron chi connectivity index (χ0n) is 12.1. The number of carbonyl (C=O) groups is 2. The van der Waals surface area contributed by atoms with Gasteiger partial charge in [-0.2, -0.15) is 0 Å². The predicted molar refractivity (Wildman–Crippen MR) is 78.3 cm³/mol. The van der Waals surface area contributed by atoms with Gasteiger partial charge in [-0.05, 0) is 19.8 Å². The summed E-state index contributed by atoms with van der Waals surface area (Å²) in [5.41, 5.74) is 1.72. The molecule has 0 spiro atoms. The van der Waals surface area contributed by atoms with Gasteiger partial charge in [-0.3, -0.25) is 9.59 Å². The first-order valence-electron chi connectivity index (χ1n) is 7.11. The molecule has 114 valence electrons. The predicted octanol–water partition coefficient (Wildman–Crippen LogP) is 2.24. The monoisotopic (exact) mass is 300 g/mol. The molecule has 0 atom stereocenters. The molecule has 1 heterocycles. The van der Waals surface area contributed by atoms with E-state index in [0.29, 0.717) is 29.9 Å². The van der Waals surface area contributed by atoms with Crippen LogP contribution in [0.4, 0.5) is 0 Å². The molecule has 1 aliphatic carbocycles. The highest BCUT2D eigenvalue weighted by molar-refractivity contribution is 6.01. The zero-order chi connectivity index (χ0) is 15.7. The Bertz CT molecular complexity index is 702. The first-order valence-corrected chi connectivity index (χ1v) is 7.11. The molecule has 2 N–H and O–H groups in total. The molecule has 1 aromatic heterocycles. The Kier molecular flexibility index (Phi) is 3.66. The second-order valence-electron chi connectivity index (χ2n) is 5.51. The highest BCUT2D eigenvalue weighted by Gasteiger charge is 2.36. The minimum atomic E-state index is -0.809. The Morgan fingerprint density at radius 1 is 1.27 bits per heavy atom. The highest BCUT2D eigenvalue weighted by Crippen LogP contribution is 2.29. The lowest BCUT2D eigenvalue weighted by Gasteiger charge is -2.32. The molecule has 3 rings (SSSR count). The van der Waals surface area contributed by atoms with E-state index in [9.17, 15) is 9.59 Å². The van der Waals surface area contributed by atoms with Gasteiger partial charge in [0, 0.05) is 11.6 Å². The van der Waals surface area contributed by atoms with Crippen molar-refractivity contribution in [3.63, 3.8) is 0 Å². The molecule has 1 amide bonds. The summed E-state index contributed by atoms with van der Waals surface area (Å²) in [6.07, 6.45) is 0.929. The number of aryl methyl sites for hydroxylation is 1. The summed E-state index contributed by atoms with van der Waals surface area (Å²) in [5.74, 6) is -0.990. The molecule has 1 aliphatic rings. The number of amides is 1. The number of benzene rings is 1. The number of hydrogen-bond acceptors (Lipinski definition) is 4. The molecule has 2 aromatic rings. The van der Waals surface area contributed by atoms with E-state index in [4.69, 9.17) is 9.63 Å². The minimum absolute atomic E-state index is 0.105. The number of nitrogens with zero attached hydrogens (tertiary/aromatic N) is 1. The number of carboxylic acids is 1. The summed E-state index contributed by atoms with van der Waals surface area (Å²) in [5, 5.41) is 15.7. The molecule has 1 aromatic carbocycles. The Morgan fingerprint density at radius 3 is 2.59 bits per heavy atom. The summed E-state index contributed by atoms with van der Waals surface area (Å²) in [7, 11) is 0. The fourth-order valence-electron chi connectivity index (χ4n) is 2.63. The number of nitrogens with one attached hydrogen (secondary N) is 1. The summed E-state index contributed by atoms with van der Waals surface area (Å²) >= 11 is 0. The van der Waals surface area contributed by atoms with E-state index in [1.54, 1.807) is 6.92 Å². The van der Waals surface area contributed by atoms with Crippen molar-refractivity contribution >= 4 is 11.9 Å². The number of aliphatic carboxylic acids is 1. The second-order valence-corrected chi connectivity index (χ2v) is 5.51. The summed E-state index contributed by atoms with van der Waals surface area (Å²) in [6.45, 7) is 1.69. The van der Waals surface area contributed by atoms with Crippen LogP contribution in [0, 0.1) is 12.8 Å². The van der Waals surface area contributed by atoms with Crippen molar-refractivity contribution in [1.82, 2.24) is 10.5 Å². The minimum Gasteiger partial charge on any atom is -0.481 e. The molecular weight excluding hydrogens is 284 g/mol. The van der Waals surface area contributed by atoms with Crippen LogP contribution in [0.2, 0.25) is 0 Å². The van der Waals surface area contributed by atoms with Crippen molar-refractivity contribution in [2.24, 2.45) is 5.92 Å². The lowest BCUT2D eigenvalue weighted by molar-refractivity contribution is -0.145. The van der Waals surface area contributed by atoms with Gasteiger partial charge in [0.15, 0.2) is 0 Å². The van der Waals surface area contributed by atoms with Crippen LogP contribution in [0.25, 0.3) is 11.3 Å². The third kappa shape index (κ3) is 2.59. The summed E-state index contributed by atoms with van der Waals surface area (Å²) in [6, 6.07) is 9.23. The lowest BCUT2D eigenvalue weighted by atomic mass is 9.80. The maximum atomic E-state index is 12.4. The Morgan fingerprint density at radius 2 is 1.95 bits per heavy atom. The maximum absolute atomic E-state index is 12.4. The highest BCUT2D eigenvalue weighted by atomic mass is 16.5. The second kappa shape index (κ2) is 5.63. The average molecular weight is 300 g/mol. The van der Waals surface area contributed by atoms with Crippen molar-refractivity contribution < 1.29 is 19.2 Å². The van der Waals surface area contributed by atoms with E-state index in [1.165, 1.54) is 0 Å². The summed E-state index contributed by atoms with van der Waals surface area (Å²) < 4.78 is 5.16. The average Bonchev–Trinajstić information content (AvgIpc) is 2.84. The maximum Gasteiger partial charge on any atom is 0.306 e. The van der Waals surface area contributed by atoms with Gasteiger partial charge in [-0.1, -0.05) is 35.5 Å². The molecule has 1 saturated carbocycles. The number of carboxylic acid groups (broad SMARTS) is 1. The summed E-state index contributed by atoms with van der Waals surface area (Å²) in [4.78, 5) is 23.2. The van der Waals surface area contributed by atoms with Crippen molar-refractivity contribution in [3.05, 3.63) is 41.7 Å². The van der Waals surface area contributed by atoms with Crippen LogP contribution in [0.3, 0.4) is 0 Å². The van der Waals surface area contributed by atoms with E-state index in [0.717, 1.165) is 5.56 Å². The Hall–Kier alpha value is -2.63. The van der Waals surface area contributed by atoms with Gasteiger partial charge >= 0.3 is 5.97 Å². The largest absolute Gasteiger partial charge is 0.481 e. The van der Waals surface area contributed by atoms with Crippen LogP contribution >= 0.6 is 0 Å². The normalized spacial score (nSPS) is 20.2. The molecule has 6 heteroatoms. The first-order chi connectivity index (χ1) is 10.6. The molecule has 0 saturated heterocycles. The van der Waals surface area contributed by atoms with Crippen LogP contribution in [0.5, 0.6) is 0 Å². The zero-order valence-corrected chi connectivity index (χ0v) is 12.1. The van der Waals surface area contributed by atoms with Crippen LogP contribution in [-0.2, 0) is 4.79 Å². The molecular formula is C16H16N2O4. The smallest absolute Gasteiger partial charge is 0.306 e. The van der Waals surface area contributed by atoms with E-state index >= 15 is 0 Å². The number of hydrogen-bond donors (Lipinski definition) is 2. The SMILES string of the molecule is Cc1onc(-c2ccccc2)c1C(=O)NC1CC(C(=O)O)C1. The molecule has 0 unspecified atom stereocenters. The van der Waals surface area contributed by atoms with Gasteiger partial charge in [-0.25, -0.2) is 0 Å². The molecule has 0 radical (unpaired) electrons. The number of carbonyl (C=O) groups excluding carboxylic acids is 1. The molecule has 22 heavy (non-hydrogen) atoms. The quantitative estimate of drug-likeness (QED) is 0.903. The Balaban J connectivity index is 1.76. The van der Waals surface area contributed by atoms with Gasteiger partial charge in [0.25, 0.3) is 5.91 Å². The Labute approximate surface area is 127 Å². The van der Waals surface area contributed by atoms with E-state index in [-0.39, 0.29) is 17.9 Å². The van der Waals surface area contributed by atoms with Gasteiger partial charge in [-0.15, -0.1) is 0 Å². The molecule has 0 aliphatic heterocycles. The third-order valence-electron chi connectivity index (χ3n) is 3.96. The van der Waals surface area contributed by atoms with Gasteiger partial charge in [0.1, 0.15) is 17.0 Å². The van der Waals surface area contributed by atoms with Crippen LogP contribution in [0.1, 0.15) is 29.0 Å². The van der Waals surface area contributed by atoms with Crippen molar-refractivity contribution in [1.29, 1.82) is 0 Å². The fraction of sp³-hybridized carbons (Fsp3) is 0.312. The van der Waals surface area contributed by atoms with Gasteiger partial charge in [0.05, 0.1) is 5.92 Å². The van der Waals surface area contributed by atoms with Crippen LogP contribution < -0.4 is 5.32 Å². The van der Waals surface area contributed by atoms with Crippen LogP contribution in [0.15, 0.2) is 34.9 Å². The van der Waals surface area contributed by atoms with Crippen molar-refractivity contribution in [2.75, 3.05) is 0 Å². The van der Waals surface area contributed by atoms with Gasteiger partial charge < -0.3 is 14.9 Å². The lowest BCUT2D eigenvalue weighted by Crippen LogP contribution is -2.46. The van der Waals surface area contributed by atoms with Crippen molar-refractivity contribution in [2.45, 2.75) is 25.8 Å². The van der Waals surface area contributed by atoms with Crippen LogP contribution in [-0.4, -0.2) is 28.2 Å². The first kappa shape index (κ1) is 14.3. The topological polar surface area (TPSA) is 92.4 Å². The van der Waals surface area contributed by atoms with E-state index < -0.39 is 5.97 Å². The standard InChI is InChI=1S/C16H16N2O4/c1-9-13(14(18-22-9)10-5-3-2-4-6-10)15(19)17-12-7-11(8-12)16(20)21/h2-6,11-12H,7-8H2,1H3,(H,17,19)(H,20,21). The van der Waals surface area contributed by atoms with E-state index in [2.05, 4.69) is 10.5 Å². The molecule has 0 bridgehead atoms. The van der Waals surface area contributed by atoms with E-state index in [1.807, 2.05) is 30.3 Å².